The molecule has 8 nitrogen and oxygen atoms in total. The summed E-state index contributed by atoms with van der Waals surface area (Å²) in [5, 5.41) is 4.70. The van der Waals surface area contributed by atoms with Gasteiger partial charge in [0.15, 0.2) is 5.78 Å². The van der Waals surface area contributed by atoms with E-state index in [2.05, 4.69) is 15.1 Å². The van der Waals surface area contributed by atoms with E-state index in [1.165, 1.54) is 34.8 Å². The summed E-state index contributed by atoms with van der Waals surface area (Å²) < 4.78 is 43.7. The zero-order chi connectivity index (χ0) is 26.5. The van der Waals surface area contributed by atoms with E-state index >= 15 is 0 Å². The number of carbonyl (C=O) groups is 1. The minimum Gasteiger partial charge on any atom is -0.291 e. The number of ketones is 1. The van der Waals surface area contributed by atoms with Crippen LogP contribution in [-0.2, 0) is 16.4 Å². The topological polar surface area (TPSA) is 98.0 Å². The Morgan fingerprint density at radius 3 is 2.55 bits per heavy atom. The molecule has 0 spiro atoms. The molecule has 0 radical (unpaired) electrons. The molecule has 2 aliphatic rings. The van der Waals surface area contributed by atoms with Gasteiger partial charge in [-0.2, -0.15) is 9.40 Å². The number of aromatic nitrogens is 4. The van der Waals surface area contributed by atoms with Gasteiger partial charge in [0.2, 0.25) is 10.0 Å². The van der Waals surface area contributed by atoms with Crippen LogP contribution < -0.4 is 0 Å². The van der Waals surface area contributed by atoms with Crippen LogP contribution in [0.15, 0.2) is 83.7 Å². The van der Waals surface area contributed by atoms with E-state index in [4.69, 9.17) is 11.6 Å². The van der Waals surface area contributed by atoms with Crippen LogP contribution in [0.1, 0.15) is 28.2 Å². The van der Waals surface area contributed by atoms with Crippen molar-refractivity contribution < 1.29 is 17.6 Å². The number of fused-ring (bicyclic) bond motifs is 2. The number of rotatable bonds is 5. The standard InChI is InChI=1S/C27H21ClFN5O3S/c28-25-9-8-22(16-31-25)38(36,37)33-12-10-19-13-24-18(15-32-34(24)21-6-4-20(29)5-7-21)14-27(19,17-33)26(35)23-3-1-2-11-30-23/h1-9,11,13,15-16H,10,12,14,17H2. The minimum atomic E-state index is -3.95. The summed E-state index contributed by atoms with van der Waals surface area (Å²) in [5.41, 5.74) is 2.17. The first-order valence-corrected chi connectivity index (χ1v) is 13.7. The summed E-state index contributed by atoms with van der Waals surface area (Å²) in [5.74, 6) is -0.601. The van der Waals surface area contributed by atoms with Crippen LogP contribution in [0.4, 0.5) is 4.39 Å². The fourth-order valence-corrected chi connectivity index (χ4v) is 6.77. The molecule has 1 saturated heterocycles. The van der Waals surface area contributed by atoms with Gasteiger partial charge in [0.25, 0.3) is 0 Å². The Balaban J connectivity index is 1.45. The van der Waals surface area contributed by atoms with Crippen molar-refractivity contribution in [2.45, 2.75) is 17.7 Å². The predicted molar refractivity (Wildman–Crippen MR) is 139 cm³/mol. The number of piperidine rings is 1. The van der Waals surface area contributed by atoms with Crippen molar-refractivity contribution in [3.05, 3.63) is 107 Å². The second kappa shape index (κ2) is 9.23. The highest BCUT2D eigenvalue weighted by Crippen LogP contribution is 2.47. The molecular weight excluding hydrogens is 529 g/mol. The number of hydrogen-bond donors (Lipinski definition) is 0. The lowest BCUT2D eigenvalue weighted by atomic mass is 9.65. The largest absolute Gasteiger partial charge is 0.291 e. The molecule has 1 fully saturated rings. The van der Waals surface area contributed by atoms with E-state index in [0.29, 0.717) is 12.1 Å². The number of hydrogen-bond acceptors (Lipinski definition) is 6. The van der Waals surface area contributed by atoms with Gasteiger partial charge in [0.1, 0.15) is 21.6 Å². The highest BCUT2D eigenvalue weighted by atomic mass is 35.5. The lowest BCUT2D eigenvalue weighted by molar-refractivity contribution is 0.0770. The third-order valence-corrected chi connectivity index (χ3v) is 9.17. The van der Waals surface area contributed by atoms with E-state index in [-0.39, 0.29) is 46.9 Å². The molecule has 4 aromatic rings. The van der Waals surface area contributed by atoms with Gasteiger partial charge in [-0.1, -0.05) is 23.2 Å². The summed E-state index contributed by atoms with van der Waals surface area (Å²) in [6.45, 7) is 0.133. The molecule has 0 bridgehead atoms. The van der Waals surface area contributed by atoms with Crippen molar-refractivity contribution in [3.63, 3.8) is 0 Å². The van der Waals surface area contributed by atoms with Crippen LogP contribution in [0.2, 0.25) is 5.15 Å². The Morgan fingerprint density at radius 2 is 1.84 bits per heavy atom. The quantitative estimate of drug-likeness (QED) is 0.271. The molecule has 0 amide bonds. The molecule has 4 heterocycles. The molecule has 192 valence electrons. The van der Waals surface area contributed by atoms with E-state index in [0.717, 1.165) is 16.8 Å². The van der Waals surface area contributed by atoms with Crippen molar-refractivity contribution in [3.8, 4) is 5.69 Å². The minimum absolute atomic E-state index is 0.00962. The Kier molecular flexibility index (Phi) is 5.97. The Hall–Kier alpha value is -3.73. The van der Waals surface area contributed by atoms with Crippen LogP contribution >= 0.6 is 11.6 Å². The van der Waals surface area contributed by atoms with E-state index in [1.807, 2.05) is 6.08 Å². The lowest BCUT2D eigenvalue weighted by Crippen LogP contribution is -2.53. The average Bonchev–Trinajstić information content (AvgIpc) is 3.34. The Bertz CT molecular complexity index is 1670. The van der Waals surface area contributed by atoms with Crippen molar-refractivity contribution in [2.24, 2.45) is 5.41 Å². The van der Waals surface area contributed by atoms with E-state index in [1.54, 1.807) is 47.4 Å². The third-order valence-electron chi connectivity index (χ3n) is 7.12. The number of pyridine rings is 2. The first-order valence-electron chi connectivity index (χ1n) is 11.9. The molecule has 38 heavy (non-hydrogen) atoms. The van der Waals surface area contributed by atoms with Gasteiger partial charge in [0.05, 0.1) is 23.0 Å². The molecule has 1 aliphatic heterocycles. The van der Waals surface area contributed by atoms with Crippen LogP contribution in [0.25, 0.3) is 11.8 Å². The molecule has 1 atom stereocenters. The first-order chi connectivity index (χ1) is 18.3. The van der Waals surface area contributed by atoms with E-state index < -0.39 is 15.4 Å². The van der Waals surface area contributed by atoms with Gasteiger partial charge in [-0.25, -0.2) is 22.5 Å². The van der Waals surface area contributed by atoms with Crippen molar-refractivity contribution in [1.82, 2.24) is 24.1 Å². The maximum absolute atomic E-state index is 14.1. The summed E-state index contributed by atoms with van der Waals surface area (Å²) in [6, 6.07) is 13.9. The highest BCUT2D eigenvalue weighted by Gasteiger charge is 2.51. The molecule has 0 saturated carbocycles. The number of nitrogens with zero attached hydrogens (tertiary/aromatic N) is 5. The van der Waals surface area contributed by atoms with Crippen LogP contribution in [0.3, 0.4) is 0 Å². The van der Waals surface area contributed by atoms with Crippen LogP contribution in [0.5, 0.6) is 0 Å². The van der Waals surface area contributed by atoms with Gasteiger partial charge in [-0.15, -0.1) is 0 Å². The van der Waals surface area contributed by atoms with Gasteiger partial charge in [-0.05, 0) is 73.0 Å². The maximum Gasteiger partial charge on any atom is 0.244 e. The Labute approximate surface area is 223 Å². The molecule has 0 N–H and O–H groups in total. The van der Waals surface area contributed by atoms with E-state index in [9.17, 15) is 17.6 Å². The molecule has 3 aromatic heterocycles. The zero-order valence-electron chi connectivity index (χ0n) is 20.0. The number of benzene rings is 1. The normalized spacial score (nSPS) is 19.4. The number of Topliss-reactive ketones (excluding diaryl/α,β-unsaturated/α-hetero) is 1. The second-order valence-electron chi connectivity index (χ2n) is 9.32. The van der Waals surface area contributed by atoms with Crippen molar-refractivity contribution in [1.29, 1.82) is 0 Å². The fourth-order valence-electron chi connectivity index (χ4n) is 5.22. The maximum atomic E-state index is 14.1. The molecule has 1 unspecified atom stereocenters. The summed E-state index contributed by atoms with van der Waals surface area (Å²) >= 11 is 5.87. The number of halogens is 2. The smallest absolute Gasteiger partial charge is 0.244 e. The molecular formula is C27H21ClFN5O3S. The first kappa shape index (κ1) is 24.6. The van der Waals surface area contributed by atoms with Crippen molar-refractivity contribution >= 4 is 33.5 Å². The van der Waals surface area contributed by atoms with Crippen LogP contribution in [0, 0.1) is 11.2 Å². The molecule has 1 aliphatic carbocycles. The fraction of sp³-hybridized carbons (Fsp3) is 0.185. The third kappa shape index (κ3) is 4.05. The number of carbonyl (C=O) groups excluding carboxylic acids is 1. The number of sulfonamides is 1. The Morgan fingerprint density at radius 1 is 1.03 bits per heavy atom. The molecule has 6 rings (SSSR count). The SMILES string of the molecule is O=C(c1ccccn1)C12Cc3cnn(-c4ccc(F)cc4)c3C=C1CCN(S(=O)(=O)c1ccc(Cl)nc1)C2. The van der Waals surface area contributed by atoms with Crippen molar-refractivity contribution in [2.75, 3.05) is 13.1 Å². The van der Waals surface area contributed by atoms with Crippen LogP contribution in [-0.4, -0.2) is 51.3 Å². The average molecular weight is 550 g/mol. The second-order valence-corrected chi connectivity index (χ2v) is 11.6. The lowest BCUT2D eigenvalue weighted by Gasteiger charge is -2.44. The predicted octanol–water partition coefficient (Wildman–Crippen LogP) is 4.36. The zero-order valence-corrected chi connectivity index (χ0v) is 21.5. The summed E-state index contributed by atoms with van der Waals surface area (Å²) in [4.78, 5) is 22.3. The summed E-state index contributed by atoms with van der Waals surface area (Å²) in [7, 11) is -3.95. The van der Waals surface area contributed by atoms with Gasteiger partial charge < -0.3 is 0 Å². The molecule has 11 heteroatoms. The molecule has 1 aromatic carbocycles. The highest BCUT2D eigenvalue weighted by molar-refractivity contribution is 7.89. The van der Waals surface area contributed by atoms with Gasteiger partial charge in [-0.3, -0.25) is 9.78 Å². The monoisotopic (exact) mass is 549 g/mol. The van der Waals surface area contributed by atoms with Gasteiger partial charge in [0, 0.05) is 25.5 Å². The summed E-state index contributed by atoms with van der Waals surface area (Å²) in [6.07, 6.45) is 6.95. The van der Waals surface area contributed by atoms with Gasteiger partial charge >= 0.3 is 0 Å².